The van der Waals surface area contributed by atoms with Crippen LogP contribution < -0.4 is 5.32 Å². The molecule has 6 nitrogen and oxygen atoms in total. The lowest BCUT2D eigenvalue weighted by Crippen LogP contribution is -2.00. The highest BCUT2D eigenvalue weighted by Crippen LogP contribution is 2.28. The van der Waals surface area contributed by atoms with Gasteiger partial charge in [0.15, 0.2) is 11.5 Å². The molecule has 154 valence electrons. The van der Waals surface area contributed by atoms with E-state index >= 15 is 0 Å². The van der Waals surface area contributed by atoms with Crippen molar-refractivity contribution in [3.05, 3.63) is 90.3 Å². The van der Waals surface area contributed by atoms with Crippen LogP contribution in [0.4, 0.5) is 20.2 Å². The molecule has 0 aliphatic carbocycles. The zero-order valence-electron chi connectivity index (χ0n) is 16.8. The van der Waals surface area contributed by atoms with E-state index in [1.165, 1.54) is 29.2 Å². The van der Waals surface area contributed by atoms with Gasteiger partial charge >= 0.3 is 0 Å². The normalized spacial score (nSPS) is 11.2. The molecule has 2 aromatic carbocycles. The summed E-state index contributed by atoms with van der Waals surface area (Å²) in [6, 6.07) is 13.2. The number of hydrogen-bond acceptors (Lipinski definition) is 4. The number of nitrogens with zero attached hydrogens (tertiary/aromatic N) is 5. The first kappa shape index (κ1) is 18.9. The Morgan fingerprint density at radius 3 is 2.61 bits per heavy atom. The van der Waals surface area contributed by atoms with Crippen LogP contribution in [0.25, 0.3) is 22.6 Å². The summed E-state index contributed by atoms with van der Waals surface area (Å²) in [5, 5.41) is 7.38. The summed E-state index contributed by atoms with van der Waals surface area (Å²) in [5.41, 5.74) is 4.69. The molecule has 5 aromatic rings. The fourth-order valence-corrected chi connectivity index (χ4v) is 3.54. The molecule has 0 amide bonds. The van der Waals surface area contributed by atoms with Crippen LogP contribution >= 0.6 is 0 Å². The van der Waals surface area contributed by atoms with Crippen molar-refractivity contribution < 1.29 is 8.78 Å². The lowest BCUT2D eigenvalue weighted by atomic mass is 10.1. The molecule has 5 rings (SSSR count). The molecule has 0 aliphatic rings. The van der Waals surface area contributed by atoms with Crippen molar-refractivity contribution in [2.45, 2.75) is 13.8 Å². The summed E-state index contributed by atoms with van der Waals surface area (Å²) in [6.45, 7) is 3.60. The number of fused-ring (bicyclic) bond motifs is 1. The van der Waals surface area contributed by atoms with Crippen molar-refractivity contribution in [2.75, 3.05) is 5.32 Å². The van der Waals surface area contributed by atoms with Gasteiger partial charge in [-0.15, -0.1) is 0 Å². The Bertz CT molecular complexity index is 1420. The summed E-state index contributed by atoms with van der Waals surface area (Å²) in [7, 11) is 0. The van der Waals surface area contributed by atoms with E-state index in [0.29, 0.717) is 22.8 Å². The predicted molar refractivity (Wildman–Crippen MR) is 115 cm³/mol. The summed E-state index contributed by atoms with van der Waals surface area (Å²) >= 11 is 0. The molecule has 0 unspecified atom stereocenters. The molecular weight excluding hydrogens is 398 g/mol. The van der Waals surface area contributed by atoms with E-state index in [2.05, 4.69) is 15.4 Å². The highest BCUT2D eigenvalue weighted by atomic mass is 19.1. The molecule has 0 radical (unpaired) electrons. The molecule has 0 bridgehead atoms. The number of halogens is 2. The number of imidazole rings is 1. The monoisotopic (exact) mass is 416 g/mol. The highest BCUT2D eigenvalue weighted by Gasteiger charge is 2.12. The van der Waals surface area contributed by atoms with Gasteiger partial charge in [-0.25, -0.2) is 23.4 Å². The Morgan fingerprint density at radius 1 is 1.00 bits per heavy atom. The Kier molecular flexibility index (Phi) is 4.47. The van der Waals surface area contributed by atoms with Gasteiger partial charge in [0, 0.05) is 23.6 Å². The number of aryl methyl sites for hydroxylation is 2. The van der Waals surface area contributed by atoms with Gasteiger partial charge in [-0.3, -0.25) is 0 Å². The number of pyridine rings is 1. The second kappa shape index (κ2) is 7.32. The van der Waals surface area contributed by atoms with Gasteiger partial charge < -0.3 is 9.72 Å². The molecule has 31 heavy (non-hydrogen) atoms. The Hall–Kier alpha value is -4.07. The Labute approximate surface area is 176 Å². The van der Waals surface area contributed by atoms with Gasteiger partial charge in [0.2, 0.25) is 0 Å². The first-order valence-corrected chi connectivity index (χ1v) is 9.67. The van der Waals surface area contributed by atoms with E-state index in [1.807, 2.05) is 35.9 Å². The molecule has 0 saturated heterocycles. The van der Waals surface area contributed by atoms with Crippen LogP contribution in [0, 0.1) is 25.5 Å². The Balaban J connectivity index is 1.49. The first-order chi connectivity index (χ1) is 15.0. The average Bonchev–Trinajstić information content (AvgIpc) is 3.35. The third-order valence-electron chi connectivity index (χ3n) is 5.03. The fraction of sp³-hybridized carbons (Fsp3) is 0.0870. The van der Waals surface area contributed by atoms with Crippen molar-refractivity contribution >= 4 is 17.0 Å². The third-order valence-corrected chi connectivity index (χ3v) is 5.03. The third kappa shape index (κ3) is 3.52. The van der Waals surface area contributed by atoms with Gasteiger partial charge in [-0.1, -0.05) is 0 Å². The molecule has 8 heteroatoms. The van der Waals surface area contributed by atoms with Crippen LogP contribution in [0.5, 0.6) is 0 Å². The van der Waals surface area contributed by atoms with Crippen LogP contribution in [0.15, 0.2) is 67.3 Å². The van der Waals surface area contributed by atoms with Crippen molar-refractivity contribution in [1.82, 2.24) is 24.1 Å². The highest BCUT2D eigenvalue weighted by molar-refractivity contribution is 5.77. The van der Waals surface area contributed by atoms with Crippen molar-refractivity contribution in [1.29, 1.82) is 0 Å². The molecule has 0 spiro atoms. The van der Waals surface area contributed by atoms with Gasteiger partial charge in [0.1, 0.15) is 23.7 Å². The predicted octanol–water partition coefficient (Wildman–Crippen LogP) is 5.22. The quantitative estimate of drug-likeness (QED) is 0.436. The van der Waals surface area contributed by atoms with Crippen LogP contribution in [-0.4, -0.2) is 24.1 Å². The fourth-order valence-electron chi connectivity index (χ4n) is 3.54. The zero-order valence-corrected chi connectivity index (χ0v) is 16.8. The minimum Gasteiger partial charge on any atom is -0.352 e. The zero-order chi connectivity index (χ0) is 21.5. The number of anilines is 2. The van der Waals surface area contributed by atoms with Crippen LogP contribution in [-0.2, 0) is 0 Å². The topological polar surface area (TPSA) is 60.0 Å². The standard InChI is InChI=1S/C23H18F2N6/c1-14-10-16(24)5-7-18(14)21-12-30-9-3-4-20(23(30)28-21)27-17-6-8-22(19(25)11-17)31-13-26-15(2)29-31/h3-13,27H,1-2H3. The second-order valence-corrected chi connectivity index (χ2v) is 7.27. The number of rotatable bonds is 4. The number of benzene rings is 2. The SMILES string of the molecule is Cc1ncn(-c2ccc(Nc3cccn4cc(-c5ccc(F)cc5C)nc34)cc2F)n1. The van der Waals surface area contributed by atoms with E-state index < -0.39 is 5.82 Å². The molecule has 1 N–H and O–H groups in total. The second-order valence-electron chi connectivity index (χ2n) is 7.27. The maximum atomic E-state index is 14.7. The molecule has 0 aliphatic heterocycles. The van der Waals surface area contributed by atoms with Gasteiger partial charge in [0.25, 0.3) is 0 Å². The van der Waals surface area contributed by atoms with E-state index in [1.54, 1.807) is 25.1 Å². The van der Waals surface area contributed by atoms with Crippen LogP contribution in [0.1, 0.15) is 11.4 Å². The minimum absolute atomic E-state index is 0.279. The molecule has 0 saturated carbocycles. The van der Waals surface area contributed by atoms with E-state index in [4.69, 9.17) is 4.98 Å². The van der Waals surface area contributed by atoms with E-state index in [0.717, 1.165) is 22.5 Å². The van der Waals surface area contributed by atoms with Crippen LogP contribution in [0.2, 0.25) is 0 Å². The molecular formula is C23H18F2N6. The summed E-state index contributed by atoms with van der Waals surface area (Å²) in [5.74, 6) is -0.133. The van der Waals surface area contributed by atoms with Crippen molar-refractivity contribution in [2.24, 2.45) is 0 Å². The summed E-state index contributed by atoms with van der Waals surface area (Å²) in [4.78, 5) is 8.76. The Morgan fingerprint density at radius 2 is 1.87 bits per heavy atom. The summed E-state index contributed by atoms with van der Waals surface area (Å²) in [6.07, 6.45) is 5.25. The summed E-state index contributed by atoms with van der Waals surface area (Å²) < 4.78 is 31.4. The van der Waals surface area contributed by atoms with Gasteiger partial charge in [-0.2, -0.15) is 5.10 Å². The number of hydrogen-bond donors (Lipinski definition) is 1. The average molecular weight is 416 g/mol. The molecule has 3 heterocycles. The smallest absolute Gasteiger partial charge is 0.161 e. The lowest BCUT2D eigenvalue weighted by molar-refractivity contribution is 0.611. The van der Waals surface area contributed by atoms with Crippen LogP contribution in [0.3, 0.4) is 0 Å². The maximum Gasteiger partial charge on any atom is 0.161 e. The van der Waals surface area contributed by atoms with Crippen molar-refractivity contribution in [3.8, 4) is 16.9 Å². The lowest BCUT2D eigenvalue weighted by Gasteiger charge is -2.09. The molecule has 0 fully saturated rings. The van der Waals surface area contributed by atoms with Gasteiger partial charge in [-0.05, 0) is 67.9 Å². The number of aromatic nitrogens is 5. The number of nitrogens with one attached hydrogen (secondary N) is 1. The first-order valence-electron chi connectivity index (χ1n) is 9.67. The van der Waals surface area contributed by atoms with Gasteiger partial charge in [0.05, 0.1) is 11.4 Å². The minimum atomic E-state index is -0.423. The van der Waals surface area contributed by atoms with E-state index in [9.17, 15) is 8.78 Å². The largest absolute Gasteiger partial charge is 0.352 e. The molecule has 0 atom stereocenters. The van der Waals surface area contributed by atoms with Crippen molar-refractivity contribution in [3.63, 3.8) is 0 Å². The van der Waals surface area contributed by atoms with E-state index in [-0.39, 0.29) is 5.82 Å². The molecule has 3 aromatic heterocycles. The maximum absolute atomic E-state index is 14.7.